The van der Waals surface area contributed by atoms with Gasteiger partial charge in [-0.15, -0.1) is 0 Å². The largest absolute Gasteiger partial charge is 0.398 e. The molecule has 2 aliphatic heterocycles. The van der Waals surface area contributed by atoms with Gasteiger partial charge in [0, 0.05) is 18.2 Å². The molecular weight excluding hydrogens is 268 g/mol. The minimum Gasteiger partial charge on any atom is -0.398 e. The fourth-order valence-electron chi connectivity index (χ4n) is 2.14. The summed E-state index contributed by atoms with van der Waals surface area (Å²) >= 11 is 3.47. The minimum atomic E-state index is 0.288. The Labute approximate surface area is 102 Å². The van der Waals surface area contributed by atoms with Crippen LogP contribution < -0.4 is 16.4 Å². The van der Waals surface area contributed by atoms with Gasteiger partial charge in [-0.2, -0.15) is 5.10 Å². The number of halogens is 1. The molecule has 0 aromatic carbocycles. The Bertz CT molecular complexity index is 609. The van der Waals surface area contributed by atoms with Crippen molar-refractivity contribution in [2.24, 2.45) is 10.7 Å². The standard InChI is InChI=1S/C11H13BrN4/c1-5(2)16-11-8(10(12)15-16)9(13)6-3-7(4-6)14-11/h3,5,7H,4,13H2,1-2H3. The van der Waals surface area contributed by atoms with Crippen LogP contribution >= 0.6 is 15.9 Å². The van der Waals surface area contributed by atoms with Gasteiger partial charge < -0.3 is 5.73 Å². The van der Waals surface area contributed by atoms with Crippen LogP contribution in [0.3, 0.4) is 0 Å². The second-order valence-corrected chi connectivity index (χ2v) is 5.29. The number of hydrogen-bond acceptors (Lipinski definition) is 3. The molecule has 5 heteroatoms. The molecule has 1 atom stereocenters. The summed E-state index contributed by atoms with van der Waals surface area (Å²) in [7, 11) is 0. The lowest BCUT2D eigenvalue weighted by molar-refractivity contribution is 0.500. The van der Waals surface area contributed by atoms with Crippen LogP contribution in [-0.4, -0.2) is 15.8 Å². The van der Waals surface area contributed by atoms with E-state index in [1.165, 1.54) is 5.57 Å². The molecule has 0 saturated carbocycles. The molecule has 1 unspecified atom stereocenters. The molecular formula is C11H13BrN4. The highest BCUT2D eigenvalue weighted by Crippen LogP contribution is 2.27. The van der Waals surface area contributed by atoms with Crippen LogP contribution in [0.1, 0.15) is 26.3 Å². The highest BCUT2D eigenvalue weighted by Gasteiger charge is 2.26. The zero-order valence-corrected chi connectivity index (χ0v) is 10.8. The minimum absolute atomic E-state index is 0.288. The van der Waals surface area contributed by atoms with Gasteiger partial charge in [-0.05, 0) is 35.4 Å². The fourth-order valence-corrected chi connectivity index (χ4v) is 2.70. The number of aromatic nitrogens is 2. The first-order valence-electron chi connectivity index (χ1n) is 5.40. The number of nitrogens with two attached hydrogens (primary N) is 1. The Hall–Kier alpha value is -1.10. The van der Waals surface area contributed by atoms with Gasteiger partial charge in [0.1, 0.15) is 4.60 Å². The predicted octanol–water partition coefficient (Wildman–Crippen LogP) is 0.625. The van der Waals surface area contributed by atoms with Crippen LogP contribution in [-0.2, 0) is 0 Å². The maximum absolute atomic E-state index is 6.15. The second kappa shape index (κ2) is 3.20. The van der Waals surface area contributed by atoms with Crippen LogP contribution in [0.15, 0.2) is 21.2 Å². The third-order valence-corrected chi connectivity index (χ3v) is 3.61. The van der Waals surface area contributed by atoms with Crippen molar-refractivity contribution in [3.8, 4) is 0 Å². The van der Waals surface area contributed by atoms with E-state index in [1.54, 1.807) is 0 Å². The van der Waals surface area contributed by atoms with Crippen LogP contribution in [0.25, 0.3) is 5.70 Å². The predicted molar refractivity (Wildman–Crippen MR) is 65.2 cm³/mol. The molecule has 3 heterocycles. The third-order valence-electron chi connectivity index (χ3n) is 3.06. The molecule has 1 aliphatic carbocycles. The van der Waals surface area contributed by atoms with E-state index in [-0.39, 0.29) is 12.1 Å². The molecule has 2 bridgehead atoms. The van der Waals surface area contributed by atoms with E-state index in [4.69, 9.17) is 10.7 Å². The summed E-state index contributed by atoms with van der Waals surface area (Å²) in [5, 5.41) is 5.41. The van der Waals surface area contributed by atoms with Gasteiger partial charge in [0.2, 0.25) is 0 Å². The first-order valence-corrected chi connectivity index (χ1v) is 6.20. The average Bonchev–Trinajstić information content (AvgIpc) is 2.30. The molecule has 4 nitrogen and oxygen atoms in total. The van der Waals surface area contributed by atoms with E-state index in [0.717, 1.165) is 27.4 Å². The molecule has 0 radical (unpaired) electrons. The van der Waals surface area contributed by atoms with Crippen LogP contribution in [0.2, 0.25) is 0 Å². The van der Waals surface area contributed by atoms with Crippen molar-refractivity contribution >= 4 is 21.6 Å². The van der Waals surface area contributed by atoms with Crippen molar-refractivity contribution in [1.82, 2.24) is 9.78 Å². The first-order chi connectivity index (χ1) is 7.58. The van der Waals surface area contributed by atoms with Gasteiger partial charge in [-0.3, -0.25) is 4.99 Å². The average molecular weight is 281 g/mol. The number of nitrogens with zero attached hydrogens (tertiary/aromatic N) is 3. The third kappa shape index (κ3) is 1.21. The summed E-state index contributed by atoms with van der Waals surface area (Å²) in [4.78, 5) is 4.69. The van der Waals surface area contributed by atoms with E-state index < -0.39 is 0 Å². The van der Waals surface area contributed by atoms with E-state index in [0.29, 0.717) is 0 Å². The van der Waals surface area contributed by atoms with Gasteiger partial charge in [0.05, 0.1) is 11.3 Å². The Morgan fingerprint density at radius 1 is 1.56 bits per heavy atom. The summed E-state index contributed by atoms with van der Waals surface area (Å²) in [6, 6.07) is 0.577. The lowest BCUT2D eigenvalue weighted by Gasteiger charge is -2.19. The van der Waals surface area contributed by atoms with Crippen molar-refractivity contribution in [2.75, 3.05) is 0 Å². The highest BCUT2D eigenvalue weighted by molar-refractivity contribution is 9.10. The lowest BCUT2D eigenvalue weighted by Crippen LogP contribution is -2.34. The van der Waals surface area contributed by atoms with E-state index in [1.807, 2.05) is 4.68 Å². The molecule has 16 heavy (non-hydrogen) atoms. The lowest BCUT2D eigenvalue weighted by atomic mass is 9.92. The SMILES string of the molecule is CC(C)n1nc(Br)c2c1=NC1C=C(C1)C=2N. The molecule has 0 amide bonds. The summed E-state index contributed by atoms with van der Waals surface area (Å²) in [6.07, 6.45) is 3.09. The molecule has 0 saturated heterocycles. The highest BCUT2D eigenvalue weighted by atomic mass is 79.9. The molecule has 1 aromatic rings. The normalized spacial score (nSPS) is 22.1. The molecule has 3 aliphatic rings. The van der Waals surface area contributed by atoms with Crippen molar-refractivity contribution < 1.29 is 0 Å². The molecule has 84 valence electrons. The van der Waals surface area contributed by atoms with E-state index in [2.05, 4.69) is 41.0 Å². The van der Waals surface area contributed by atoms with Crippen LogP contribution in [0.4, 0.5) is 0 Å². The summed E-state index contributed by atoms with van der Waals surface area (Å²) in [5.74, 6) is 0. The maximum Gasteiger partial charge on any atom is 0.157 e. The van der Waals surface area contributed by atoms with E-state index >= 15 is 0 Å². The van der Waals surface area contributed by atoms with Gasteiger partial charge in [0.15, 0.2) is 5.49 Å². The monoisotopic (exact) mass is 280 g/mol. The Morgan fingerprint density at radius 2 is 2.25 bits per heavy atom. The van der Waals surface area contributed by atoms with Crippen molar-refractivity contribution in [3.63, 3.8) is 0 Å². The Morgan fingerprint density at radius 3 is 2.88 bits per heavy atom. The van der Waals surface area contributed by atoms with Crippen LogP contribution in [0, 0.1) is 0 Å². The zero-order chi connectivity index (χ0) is 11.4. The number of hydrogen-bond donors (Lipinski definition) is 1. The van der Waals surface area contributed by atoms with Gasteiger partial charge >= 0.3 is 0 Å². The van der Waals surface area contributed by atoms with Crippen LogP contribution in [0.5, 0.6) is 0 Å². The Balaban J connectivity index is 2.44. The smallest absolute Gasteiger partial charge is 0.157 e. The molecule has 0 fully saturated rings. The van der Waals surface area contributed by atoms with Gasteiger partial charge in [-0.1, -0.05) is 6.08 Å². The van der Waals surface area contributed by atoms with Gasteiger partial charge in [0.25, 0.3) is 0 Å². The van der Waals surface area contributed by atoms with Crippen molar-refractivity contribution in [1.29, 1.82) is 0 Å². The second-order valence-electron chi connectivity index (χ2n) is 4.53. The molecule has 0 spiro atoms. The fraction of sp³-hybridized carbons (Fsp3) is 0.455. The van der Waals surface area contributed by atoms with E-state index in [9.17, 15) is 0 Å². The molecule has 1 aromatic heterocycles. The van der Waals surface area contributed by atoms with Crippen molar-refractivity contribution in [2.45, 2.75) is 32.4 Å². The topological polar surface area (TPSA) is 56.2 Å². The quantitative estimate of drug-likeness (QED) is 0.820. The first kappa shape index (κ1) is 10.1. The zero-order valence-electron chi connectivity index (χ0n) is 9.24. The summed E-state index contributed by atoms with van der Waals surface area (Å²) in [6.45, 7) is 4.19. The van der Waals surface area contributed by atoms with Gasteiger partial charge in [-0.25, -0.2) is 4.68 Å². The molecule has 4 rings (SSSR count). The van der Waals surface area contributed by atoms with Crippen molar-refractivity contribution in [3.05, 3.63) is 27.0 Å². The summed E-state index contributed by atoms with van der Waals surface area (Å²) < 4.78 is 2.73. The summed E-state index contributed by atoms with van der Waals surface area (Å²) in [5.41, 5.74) is 9.09. The molecule has 2 N–H and O–H groups in total. The maximum atomic E-state index is 6.15. The number of rotatable bonds is 1. The Kier molecular flexibility index (Phi) is 2.01.